The van der Waals surface area contributed by atoms with Crippen LogP contribution < -0.4 is 15.5 Å². The standard InChI is InChI=1S/C17H18N4O2.ClH/c1-17(2)8-11-12(9-18)16(19)21(20-13(11)10-23-17)14-6-4-5-7-15(14)22-3;/h4-8H,10,19H2,1-3H3;1H. The van der Waals surface area contributed by atoms with Crippen LogP contribution in [0.4, 0.5) is 5.69 Å². The number of halogens is 1. The molecule has 3 rings (SSSR count). The van der Waals surface area contributed by atoms with Crippen LogP contribution in [0.15, 0.2) is 52.4 Å². The predicted octanol–water partition coefficient (Wildman–Crippen LogP) is 2.72. The zero-order valence-corrected chi connectivity index (χ0v) is 14.6. The topological polar surface area (TPSA) is 83.9 Å². The van der Waals surface area contributed by atoms with Gasteiger partial charge in [-0.15, -0.1) is 12.4 Å². The van der Waals surface area contributed by atoms with Crippen LogP contribution in [0.1, 0.15) is 13.8 Å². The molecule has 0 bridgehead atoms. The number of methoxy groups -OCH3 is 1. The summed E-state index contributed by atoms with van der Waals surface area (Å²) in [4.78, 5) is 0. The van der Waals surface area contributed by atoms with Gasteiger partial charge in [-0.2, -0.15) is 10.4 Å². The Morgan fingerprint density at radius 1 is 1.38 bits per heavy atom. The third kappa shape index (κ3) is 2.96. The minimum atomic E-state index is -0.455. The van der Waals surface area contributed by atoms with E-state index in [2.05, 4.69) is 11.2 Å². The van der Waals surface area contributed by atoms with E-state index in [0.717, 1.165) is 5.57 Å². The van der Waals surface area contributed by atoms with E-state index in [-0.39, 0.29) is 18.2 Å². The van der Waals surface area contributed by atoms with Gasteiger partial charge >= 0.3 is 0 Å². The lowest BCUT2D eigenvalue weighted by molar-refractivity contribution is 0.0409. The summed E-state index contributed by atoms with van der Waals surface area (Å²) < 4.78 is 11.1. The quantitative estimate of drug-likeness (QED) is 0.890. The minimum Gasteiger partial charge on any atom is -0.494 e. The van der Waals surface area contributed by atoms with Gasteiger partial charge in [-0.05, 0) is 32.1 Å². The number of benzene rings is 1. The van der Waals surface area contributed by atoms with Gasteiger partial charge in [-0.3, -0.25) is 0 Å². The number of allylic oxidation sites excluding steroid dienone is 1. The van der Waals surface area contributed by atoms with Gasteiger partial charge in [0.05, 0.1) is 25.0 Å². The Kier molecular flexibility index (Phi) is 4.88. The highest BCUT2D eigenvalue weighted by molar-refractivity contribution is 6.08. The first-order valence-electron chi connectivity index (χ1n) is 7.25. The minimum absolute atomic E-state index is 0. The highest BCUT2D eigenvalue weighted by Gasteiger charge is 2.33. The van der Waals surface area contributed by atoms with Gasteiger partial charge in [0.1, 0.15) is 28.9 Å². The molecule has 0 spiro atoms. The summed E-state index contributed by atoms with van der Waals surface area (Å²) >= 11 is 0. The van der Waals surface area contributed by atoms with Crippen LogP contribution in [0.2, 0.25) is 0 Å². The molecule has 7 heteroatoms. The molecule has 0 atom stereocenters. The first kappa shape index (κ1) is 17.9. The van der Waals surface area contributed by atoms with Crippen molar-refractivity contribution in [3.05, 3.63) is 47.3 Å². The second kappa shape index (κ2) is 6.56. The summed E-state index contributed by atoms with van der Waals surface area (Å²) in [5.41, 5.74) is 8.27. The van der Waals surface area contributed by atoms with E-state index in [4.69, 9.17) is 15.2 Å². The number of para-hydroxylation sites is 2. The van der Waals surface area contributed by atoms with Crippen molar-refractivity contribution in [3.8, 4) is 11.8 Å². The number of anilines is 1. The summed E-state index contributed by atoms with van der Waals surface area (Å²) in [5, 5.41) is 15.7. The average Bonchev–Trinajstić information content (AvgIpc) is 2.54. The van der Waals surface area contributed by atoms with Crippen LogP contribution in [0.3, 0.4) is 0 Å². The Morgan fingerprint density at radius 2 is 2.08 bits per heavy atom. The van der Waals surface area contributed by atoms with Gasteiger partial charge in [0.25, 0.3) is 0 Å². The fourth-order valence-electron chi connectivity index (χ4n) is 2.63. The van der Waals surface area contributed by atoms with Gasteiger partial charge in [0.2, 0.25) is 0 Å². The Hall–Kier alpha value is -2.49. The van der Waals surface area contributed by atoms with Crippen molar-refractivity contribution in [2.24, 2.45) is 10.8 Å². The number of nitrogens with zero attached hydrogens (tertiary/aromatic N) is 3. The maximum atomic E-state index is 9.58. The summed E-state index contributed by atoms with van der Waals surface area (Å²) in [7, 11) is 1.58. The Bertz CT molecular complexity index is 790. The Balaban J connectivity index is 0.00000208. The molecule has 2 aliphatic rings. The van der Waals surface area contributed by atoms with Gasteiger partial charge in [0.15, 0.2) is 0 Å². The molecule has 0 saturated carbocycles. The SMILES string of the molecule is COc1ccccc1N1N=C2COC(C)(C)C=C2C(C#N)=C1N.Cl. The molecule has 1 aromatic rings. The van der Waals surface area contributed by atoms with Gasteiger partial charge in [-0.25, -0.2) is 5.01 Å². The Morgan fingerprint density at radius 3 is 2.75 bits per heavy atom. The van der Waals surface area contributed by atoms with E-state index in [9.17, 15) is 5.26 Å². The van der Waals surface area contributed by atoms with E-state index >= 15 is 0 Å². The summed E-state index contributed by atoms with van der Waals surface area (Å²) in [5.74, 6) is 0.909. The van der Waals surface area contributed by atoms with Crippen LogP contribution in [0.25, 0.3) is 0 Å². The van der Waals surface area contributed by atoms with Gasteiger partial charge in [-0.1, -0.05) is 12.1 Å². The van der Waals surface area contributed by atoms with Crippen molar-refractivity contribution in [2.75, 3.05) is 18.7 Å². The molecule has 0 unspecified atom stereocenters. The largest absolute Gasteiger partial charge is 0.494 e. The highest BCUT2D eigenvalue weighted by Crippen LogP contribution is 2.36. The molecule has 1 aromatic carbocycles. The van der Waals surface area contributed by atoms with Crippen LogP contribution in [0, 0.1) is 11.3 Å². The molecule has 0 fully saturated rings. The molecular formula is C17H19ClN4O2. The molecule has 0 aromatic heterocycles. The second-order valence-corrected chi connectivity index (χ2v) is 5.85. The van der Waals surface area contributed by atoms with Crippen LogP contribution in [-0.2, 0) is 4.74 Å². The van der Waals surface area contributed by atoms with Crippen molar-refractivity contribution in [2.45, 2.75) is 19.4 Å². The molecule has 0 radical (unpaired) electrons. The number of nitrogens with two attached hydrogens (primary N) is 1. The lowest BCUT2D eigenvalue weighted by atomic mass is 9.92. The summed E-state index contributed by atoms with van der Waals surface area (Å²) in [6, 6.07) is 9.58. The lowest BCUT2D eigenvalue weighted by Gasteiger charge is -2.34. The number of hydrazone groups is 1. The third-order valence-electron chi connectivity index (χ3n) is 3.78. The predicted molar refractivity (Wildman–Crippen MR) is 95.1 cm³/mol. The van der Waals surface area contributed by atoms with Crippen LogP contribution in [-0.4, -0.2) is 25.0 Å². The average molecular weight is 347 g/mol. The van der Waals surface area contributed by atoms with E-state index in [0.29, 0.717) is 29.3 Å². The zero-order valence-electron chi connectivity index (χ0n) is 13.7. The molecule has 0 aliphatic carbocycles. The third-order valence-corrected chi connectivity index (χ3v) is 3.78. The van der Waals surface area contributed by atoms with Crippen molar-refractivity contribution >= 4 is 23.8 Å². The van der Waals surface area contributed by atoms with Crippen molar-refractivity contribution in [3.63, 3.8) is 0 Å². The fourth-order valence-corrected chi connectivity index (χ4v) is 2.63. The maximum Gasteiger partial charge on any atom is 0.144 e. The first-order chi connectivity index (χ1) is 11.0. The van der Waals surface area contributed by atoms with Crippen LogP contribution in [0.5, 0.6) is 5.75 Å². The molecule has 6 nitrogen and oxygen atoms in total. The van der Waals surface area contributed by atoms with Crippen molar-refractivity contribution in [1.29, 1.82) is 5.26 Å². The highest BCUT2D eigenvalue weighted by atomic mass is 35.5. The van der Waals surface area contributed by atoms with Crippen LogP contribution >= 0.6 is 12.4 Å². The Labute approximate surface area is 147 Å². The molecular weight excluding hydrogens is 328 g/mol. The summed E-state index contributed by atoms with van der Waals surface area (Å²) in [6.07, 6.45) is 1.89. The normalized spacial score (nSPS) is 18.7. The van der Waals surface area contributed by atoms with E-state index < -0.39 is 5.60 Å². The fraction of sp³-hybridized carbons (Fsp3) is 0.294. The van der Waals surface area contributed by atoms with Gasteiger partial charge in [0, 0.05) is 5.57 Å². The molecule has 126 valence electrons. The second-order valence-electron chi connectivity index (χ2n) is 5.85. The molecule has 2 heterocycles. The number of hydrogen-bond acceptors (Lipinski definition) is 6. The van der Waals surface area contributed by atoms with Crippen molar-refractivity contribution in [1.82, 2.24) is 0 Å². The molecule has 0 amide bonds. The first-order valence-corrected chi connectivity index (χ1v) is 7.25. The number of nitriles is 1. The molecule has 0 saturated heterocycles. The molecule has 2 aliphatic heterocycles. The number of rotatable bonds is 2. The number of fused-ring (bicyclic) bond motifs is 1. The number of hydrogen-bond donors (Lipinski definition) is 1. The lowest BCUT2D eigenvalue weighted by Crippen LogP contribution is -2.39. The van der Waals surface area contributed by atoms with E-state index in [1.165, 1.54) is 5.01 Å². The van der Waals surface area contributed by atoms with E-state index in [1.54, 1.807) is 7.11 Å². The zero-order chi connectivity index (χ0) is 16.6. The molecule has 2 N–H and O–H groups in total. The smallest absolute Gasteiger partial charge is 0.144 e. The van der Waals surface area contributed by atoms with Crippen molar-refractivity contribution < 1.29 is 9.47 Å². The van der Waals surface area contributed by atoms with E-state index in [1.807, 2.05) is 44.2 Å². The summed E-state index contributed by atoms with van der Waals surface area (Å²) in [6.45, 7) is 4.20. The molecule has 24 heavy (non-hydrogen) atoms. The monoisotopic (exact) mass is 346 g/mol. The van der Waals surface area contributed by atoms with Gasteiger partial charge < -0.3 is 15.2 Å². The number of ether oxygens (including phenoxy) is 2. The maximum absolute atomic E-state index is 9.58.